The van der Waals surface area contributed by atoms with Crippen LogP contribution in [-0.2, 0) is 6.42 Å². The highest BCUT2D eigenvalue weighted by Crippen LogP contribution is 2.35. The number of rotatable bonds is 4. The largest absolute Gasteiger partial charge is 0.327 e. The van der Waals surface area contributed by atoms with E-state index in [1.54, 1.807) is 0 Å². The molecule has 1 aliphatic carbocycles. The van der Waals surface area contributed by atoms with Crippen LogP contribution in [0.2, 0.25) is 0 Å². The Balaban J connectivity index is 1.76. The number of aromatic nitrogens is 1. The molecule has 2 nitrogen and oxygen atoms in total. The molecule has 0 saturated heterocycles. The molecule has 0 aliphatic heterocycles. The van der Waals surface area contributed by atoms with Gasteiger partial charge in [0, 0.05) is 17.6 Å². The Morgan fingerprint density at radius 1 is 1.25 bits per heavy atom. The van der Waals surface area contributed by atoms with E-state index >= 15 is 0 Å². The summed E-state index contributed by atoms with van der Waals surface area (Å²) in [5.74, 6) is 1.60. The van der Waals surface area contributed by atoms with Crippen molar-refractivity contribution in [1.29, 1.82) is 0 Å². The van der Waals surface area contributed by atoms with E-state index in [4.69, 9.17) is 5.73 Å². The third kappa shape index (κ3) is 2.71. The fourth-order valence-corrected chi connectivity index (χ4v) is 3.63. The van der Waals surface area contributed by atoms with Crippen molar-refractivity contribution in [3.63, 3.8) is 0 Å². The molecule has 20 heavy (non-hydrogen) atoms. The number of hydrogen-bond donors (Lipinski definition) is 1. The maximum absolute atomic E-state index is 6.50. The number of para-hydroxylation sites is 1. The molecule has 0 radical (unpaired) electrons. The predicted octanol–water partition coefficient (Wildman–Crippen LogP) is 3.93. The zero-order chi connectivity index (χ0) is 13.9. The van der Waals surface area contributed by atoms with Gasteiger partial charge in [-0.15, -0.1) is 0 Å². The summed E-state index contributed by atoms with van der Waals surface area (Å²) in [4.78, 5) is 4.43. The first kappa shape index (κ1) is 13.6. The van der Waals surface area contributed by atoms with Crippen LogP contribution in [0, 0.1) is 11.8 Å². The second-order valence-corrected chi connectivity index (χ2v) is 6.20. The lowest BCUT2D eigenvalue weighted by Crippen LogP contribution is -2.31. The maximum atomic E-state index is 6.50. The Hall–Kier alpha value is -1.41. The van der Waals surface area contributed by atoms with E-state index in [-0.39, 0.29) is 6.04 Å². The van der Waals surface area contributed by atoms with Crippen molar-refractivity contribution in [2.45, 2.75) is 45.1 Å². The van der Waals surface area contributed by atoms with Crippen LogP contribution >= 0.6 is 0 Å². The molecule has 1 aromatic heterocycles. The summed E-state index contributed by atoms with van der Waals surface area (Å²) < 4.78 is 0. The number of benzene rings is 1. The highest BCUT2D eigenvalue weighted by Gasteiger charge is 2.28. The van der Waals surface area contributed by atoms with Crippen molar-refractivity contribution in [1.82, 2.24) is 4.98 Å². The van der Waals surface area contributed by atoms with Gasteiger partial charge >= 0.3 is 0 Å². The summed E-state index contributed by atoms with van der Waals surface area (Å²) >= 11 is 0. The number of pyridine rings is 1. The van der Waals surface area contributed by atoms with Gasteiger partial charge in [-0.3, -0.25) is 4.98 Å². The van der Waals surface area contributed by atoms with E-state index in [2.05, 4.69) is 36.2 Å². The smallest absolute Gasteiger partial charge is 0.0704 e. The molecule has 1 fully saturated rings. The summed E-state index contributed by atoms with van der Waals surface area (Å²) in [5.41, 5.74) is 8.93. The SMILES string of the molecule is CCC1CCC(C(N)Cc2ccnc3ccccc23)C1. The van der Waals surface area contributed by atoms with Gasteiger partial charge in [-0.2, -0.15) is 0 Å². The standard InChI is InChI=1S/C18H24N2/c1-2-13-7-8-15(11-13)17(19)12-14-9-10-20-18-6-4-3-5-16(14)18/h3-6,9-10,13,15,17H,2,7-8,11-12,19H2,1H3. The maximum Gasteiger partial charge on any atom is 0.0704 e. The Morgan fingerprint density at radius 3 is 2.90 bits per heavy atom. The van der Waals surface area contributed by atoms with E-state index in [0.29, 0.717) is 5.92 Å². The molecule has 1 aromatic carbocycles. The summed E-state index contributed by atoms with van der Waals surface area (Å²) in [5, 5.41) is 1.26. The molecule has 2 aromatic rings. The molecule has 1 saturated carbocycles. The number of hydrogen-bond acceptors (Lipinski definition) is 2. The Morgan fingerprint density at radius 2 is 2.10 bits per heavy atom. The number of fused-ring (bicyclic) bond motifs is 1. The molecule has 106 valence electrons. The molecule has 2 N–H and O–H groups in total. The average Bonchev–Trinajstić information content (AvgIpc) is 2.97. The van der Waals surface area contributed by atoms with Crippen LogP contribution in [0.1, 0.15) is 38.2 Å². The highest BCUT2D eigenvalue weighted by atomic mass is 14.7. The predicted molar refractivity (Wildman–Crippen MR) is 84.5 cm³/mol. The molecule has 2 heteroatoms. The van der Waals surface area contributed by atoms with Crippen LogP contribution in [0.25, 0.3) is 10.9 Å². The third-order valence-electron chi connectivity index (χ3n) is 4.96. The van der Waals surface area contributed by atoms with Crippen molar-refractivity contribution in [2.24, 2.45) is 17.6 Å². The normalized spacial score (nSPS) is 24.1. The highest BCUT2D eigenvalue weighted by molar-refractivity contribution is 5.81. The summed E-state index contributed by atoms with van der Waals surface area (Å²) in [6, 6.07) is 10.8. The Kier molecular flexibility index (Phi) is 4.02. The first-order valence-electron chi connectivity index (χ1n) is 7.86. The molecule has 3 rings (SSSR count). The first-order chi connectivity index (χ1) is 9.78. The van der Waals surface area contributed by atoms with Crippen LogP contribution in [-0.4, -0.2) is 11.0 Å². The van der Waals surface area contributed by atoms with Crippen molar-refractivity contribution in [3.8, 4) is 0 Å². The molecule has 0 amide bonds. The zero-order valence-electron chi connectivity index (χ0n) is 12.3. The summed E-state index contributed by atoms with van der Waals surface area (Å²) in [6.07, 6.45) is 8.19. The monoisotopic (exact) mass is 268 g/mol. The van der Waals surface area contributed by atoms with Gasteiger partial charge in [0.1, 0.15) is 0 Å². The van der Waals surface area contributed by atoms with Crippen molar-refractivity contribution in [3.05, 3.63) is 42.1 Å². The third-order valence-corrected chi connectivity index (χ3v) is 4.96. The molecule has 3 atom stereocenters. The lowest BCUT2D eigenvalue weighted by atomic mass is 9.90. The summed E-state index contributed by atoms with van der Waals surface area (Å²) in [7, 11) is 0. The molecule has 3 unspecified atom stereocenters. The zero-order valence-corrected chi connectivity index (χ0v) is 12.3. The quantitative estimate of drug-likeness (QED) is 0.912. The van der Waals surface area contributed by atoms with Crippen LogP contribution < -0.4 is 5.73 Å². The minimum atomic E-state index is 0.289. The van der Waals surface area contributed by atoms with Gasteiger partial charge in [-0.1, -0.05) is 38.0 Å². The Bertz CT molecular complexity index is 573. The van der Waals surface area contributed by atoms with E-state index in [1.807, 2.05) is 12.3 Å². The van der Waals surface area contributed by atoms with Gasteiger partial charge in [0.2, 0.25) is 0 Å². The van der Waals surface area contributed by atoms with Crippen molar-refractivity contribution >= 4 is 10.9 Å². The fourth-order valence-electron chi connectivity index (χ4n) is 3.63. The summed E-state index contributed by atoms with van der Waals surface area (Å²) in [6.45, 7) is 2.30. The topological polar surface area (TPSA) is 38.9 Å². The molecular weight excluding hydrogens is 244 g/mol. The molecule has 1 heterocycles. The van der Waals surface area contributed by atoms with E-state index < -0.39 is 0 Å². The first-order valence-corrected chi connectivity index (χ1v) is 7.86. The lowest BCUT2D eigenvalue weighted by molar-refractivity contribution is 0.405. The average molecular weight is 268 g/mol. The minimum Gasteiger partial charge on any atom is -0.327 e. The fraction of sp³-hybridized carbons (Fsp3) is 0.500. The van der Waals surface area contributed by atoms with Gasteiger partial charge < -0.3 is 5.73 Å². The van der Waals surface area contributed by atoms with Gasteiger partial charge in [-0.05, 0) is 48.8 Å². The second kappa shape index (κ2) is 5.92. The molecular formula is C18H24N2. The lowest BCUT2D eigenvalue weighted by Gasteiger charge is -2.20. The number of nitrogens with zero attached hydrogens (tertiary/aromatic N) is 1. The van der Waals surface area contributed by atoms with Gasteiger partial charge in [0.25, 0.3) is 0 Å². The van der Waals surface area contributed by atoms with Crippen LogP contribution in [0.4, 0.5) is 0 Å². The molecule has 0 spiro atoms. The van der Waals surface area contributed by atoms with Crippen molar-refractivity contribution < 1.29 is 0 Å². The molecule has 1 aliphatic rings. The second-order valence-electron chi connectivity index (χ2n) is 6.20. The van der Waals surface area contributed by atoms with Crippen LogP contribution in [0.3, 0.4) is 0 Å². The van der Waals surface area contributed by atoms with E-state index in [1.165, 1.54) is 36.6 Å². The minimum absolute atomic E-state index is 0.289. The number of nitrogens with two attached hydrogens (primary N) is 1. The van der Waals surface area contributed by atoms with Gasteiger partial charge in [0.05, 0.1) is 5.52 Å². The van der Waals surface area contributed by atoms with Crippen molar-refractivity contribution in [2.75, 3.05) is 0 Å². The van der Waals surface area contributed by atoms with Gasteiger partial charge in [0.15, 0.2) is 0 Å². The van der Waals surface area contributed by atoms with E-state index in [9.17, 15) is 0 Å². The Labute approximate surface area is 121 Å². The molecule has 0 bridgehead atoms. The van der Waals surface area contributed by atoms with Gasteiger partial charge in [-0.25, -0.2) is 0 Å². The van der Waals surface area contributed by atoms with Crippen LogP contribution in [0.5, 0.6) is 0 Å². The van der Waals surface area contributed by atoms with E-state index in [0.717, 1.165) is 17.9 Å². The van der Waals surface area contributed by atoms with Crippen LogP contribution in [0.15, 0.2) is 36.5 Å².